The van der Waals surface area contributed by atoms with Crippen molar-refractivity contribution in [2.75, 3.05) is 14.1 Å². The maximum absolute atomic E-state index is 14.7. The molecule has 1 N–H and O–H groups in total. The number of aromatic nitrogens is 3. The molecular formula is C20H20ClFN4O3. The van der Waals surface area contributed by atoms with E-state index >= 15 is 0 Å². The Morgan fingerprint density at radius 1 is 1.28 bits per heavy atom. The summed E-state index contributed by atoms with van der Waals surface area (Å²) in [7, 11) is 4.81. The lowest BCUT2D eigenvalue weighted by Gasteiger charge is -2.16. The number of halogens is 2. The Kier molecular flexibility index (Phi) is 5.74. The van der Waals surface area contributed by atoms with Crippen molar-refractivity contribution in [2.45, 2.75) is 13.5 Å². The van der Waals surface area contributed by atoms with Crippen molar-refractivity contribution >= 4 is 17.5 Å². The van der Waals surface area contributed by atoms with E-state index in [-0.39, 0.29) is 23.8 Å². The van der Waals surface area contributed by atoms with Crippen molar-refractivity contribution in [3.05, 3.63) is 68.6 Å². The number of H-pyrrole nitrogens is 1. The van der Waals surface area contributed by atoms with Gasteiger partial charge in [0.25, 0.3) is 5.91 Å². The molecule has 0 radical (unpaired) electrons. The van der Waals surface area contributed by atoms with Crippen LogP contribution < -0.4 is 10.4 Å². The zero-order valence-corrected chi connectivity index (χ0v) is 17.2. The van der Waals surface area contributed by atoms with E-state index in [2.05, 4.69) is 10.2 Å². The van der Waals surface area contributed by atoms with Crippen LogP contribution in [0, 0.1) is 12.7 Å². The molecule has 9 heteroatoms. The van der Waals surface area contributed by atoms with E-state index in [0.717, 1.165) is 5.56 Å². The normalized spacial score (nSPS) is 10.8. The van der Waals surface area contributed by atoms with Gasteiger partial charge in [-0.15, -0.1) is 0 Å². The number of benzene rings is 2. The largest absolute Gasteiger partial charge is 0.485 e. The second kappa shape index (κ2) is 8.08. The molecule has 0 spiro atoms. The van der Waals surface area contributed by atoms with Gasteiger partial charge in [0.05, 0.1) is 0 Å². The van der Waals surface area contributed by atoms with Crippen LogP contribution in [0.15, 0.2) is 35.1 Å². The fourth-order valence-corrected chi connectivity index (χ4v) is 2.92. The quantitative estimate of drug-likeness (QED) is 0.690. The number of carbonyl (C=O) groups excluding carboxylic acids is 1. The number of rotatable bonds is 5. The molecule has 1 aromatic heterocycles. The fourth-order valence-electron chi connectivity index (χ4n) is 2.76. The lowest BCUT2D eigenvalue weighted by Crippen LogP contribution is -2.21. The molecule has 7 nitrogen and oxygen atoms in total. The Morgan fingerprint density at radius 2 is 2.00 bits per heavy atom. The van der Waals surface area contributed by atoms with Crippen LogP contribution in [0.2, 0.25) is 5.02 Å². The summed E-state index contributed by atoms with van der Waals surface area (Å²) < 4.78 is 21.8. The molecule has 1 heterocycles. The molecule has 0 fully saturated rings. The highest BCUT2D eigenvalue weighted by Crippen LogP contribution is 2.37. The maximum atomic E-state index is 14.7. The summed E-state index contributed by atoms with van der Waals surface area (Å²) in [6.45, 7) is 1.78. The van der Waals surface area contributed by atoms with Gasteiger partial charge in [-0.1, -0.05) is 11.6 Å². The van der Waals surface area contributed by atoms with Gasteiger partial charge in [0, 0.05) is 42.9 Å². The van der Waals surface area contributed by atoms with Crippen LogP contribution >= 0.6 is 11.6 Å². The van der Waals surface area contributed by atoms with Crippen molar-refractivity contribution in [1.29, 1.82) is 0 Å². The molecule has 0 bridgehead atoms. The van der Waals surface area contributed by atoms with Crippen LogP contribution in [0.4, 0.5) is 4.39 Å². The first-order valence-corrected chi connectivity index (χ1v) is 9.11. The molecule has 0 unspecified atom stereocenters. The second-order valence-corrected chi connectivity index (χ2v) is 7.19. The lowest BCUT2D eigenvalue weighted by atomic mass is 9.99. The Hall–Kier alpha value is -3.13. The molecule has 29 heavy (non-hydrogen) atoms. The summed E-state index contributed by atoms with van der Waals surface area (Å²) in [6.07, 6.45) is 0. The maximum Gasteiger partial charge on any atom is 0.343 e. The number of aryl methyl sites for hydroxylation is 1. The lowest BCUT2D eigenvalue weighted by molar-refractivity contribution is 0.0827. The Labute approximate surface area is 171 Å². The van der Waals surface area contributed by atoms with Crippen LogP contribution in [-0.4, -0.2) is 39.7 Å². The van der Waals surface area contributed by atoms with Gasteiger partial charge in [-0.2, -0.15) is 5.10 Å². The Balaban J connectivity index is 2.06. The van der Waals surface area contributed by atoms with Gasteiger partial charge in [-0.25, -0.2) is 14.3 Å². The van der Waals surface area contributed by atoms with E-state index in [1.54, 1.807) is 40.2 Å². The first-order chi connectivity index (χ1) is 13.7. The Bertz CT molecular complexity index is 1140. The van der Waals surface area contributed by atoms with E-state index in [1.807, 2.05) is 0 Å². The van der Waals surface area contributed by atoms with Crippen LogP contribution in [-0.2, 0) is 13.7 Å². The Morgan fingerprint density at radius 3 is 2.62 bits per heavy atom. The van der Waals surface area contributed by atoms with Crippen LogP contribution in [0.5, 0.6) is 5.75 Å². The second-order valence-electron chi connectivity index (χ2n) is 6.78. The predicted octanol–water partition coefficient (Wildman–Crippen LogP) is 3.16. The van der Waals surface area contributed by atoms with Crippen LogP contribution in [0.25, 0.3) is 11.1 Å². The molecule has 0 saturated carbocycles. The summed E-state index contributed by atoms with van der Waals surface area (Å²) in [6, 6.07) is 7.41. The average Bonchev–Trinajstić information content (AvgIpc) is 3.00. The number of ether oxygens (including phenoxy) is 1. The number of carbonyl (C=O) groups is 1. The van der Waals surface area contributed by atoms with E-state index in [1.165, 1.54) is 27.7 Å². The molecular weight excluding hydrogens is 399 g/mol. The van der Waals surface area contributed by atoms with Gasteiger partial charge in [-0.05, 0) is 42.8 Å². The molecule has 3 aromatic rings. The highest BCUT2D eigenvalue weighted by atomic mass is 35.5. The number of aromatic amines is 1. The zero-order chi connectivity index (χ0) is 21.3. The summed E-state index contributed by atoms with van der Waals surface area (Å²) in [5, 5.41) is 6.66. The van der Waals surface area contributed by atoms with Gasteiger partial charge in [0.2, 0.25) is 0 Å². The zero-order valence-electron chi connectivity index (χ0n) is 16.4. The number of amides is 1. The fraction of sp³-hybridized carbons (Fsp3) is 0.250. The van der Waals surface area contributed by atoms with E-state index < -0.39 is 5.82 Å². The van der Waals surface area contributed by atoms with Crippen LogP contribution in [0.1, 0.15) is 21.7 Å². The molecule has 0 saturated heterocycles. The van der Waals surface area contributed by atoms with E-state index in [9.17, 15) is 14.0 Å². The van der Waals surface area contributed by atoms with Crippen molar-refractivity contribution in [3.63, 3.8) is 0 Å². The van der Waals surface area contributed by atoms with E-state index in [4.69, 9.17) is 16.3 Å². The number of hydrogen-bond acceptors (Lipinski definition) is 4. The minimum atomic E-state index is -0.516. The summed E-state index contributed by atoms with van der Waals surface area (Å²) in [4.78, 5) is 25.2. The third-order valence-electron chi connectivity index (χ3n) is 4.50. The van der Waals surface area contributed by atoms with Gasteiger partial charge >= 0.3 is 5.69 Å². The number of hydrogen-bond donors (Lipinski definition) is 1. The molecule has 0 atom stereocenters. The monoisotopic (exact) mass is 418 g/mol. The topological polar surface area (TPSA) is 80.2 Å². The molecule has 0 aliphatic rings. The molecule has 1 amide bonds. The molecule has 0 aliphatic carbocycles. The predicted molar refractivity (Wildman–Crippen MR) is 108 cm³/mol. The average molecular weight is 419 g/mol. The minimum Gasteiger partial charge on any atom is -0.485 e. The highest BCUT2D eigenvalue weighted by molar-refractivity contribution is 6.31. The summed E-state index contributed by atoms with van der Waals surface area (Å²) in [5.41, 5.74) is 1.29. The van der Waals surface area contributed by atoms with Gasteiger partial charge in [0.1, 0.15) is 18.2 Å². The standard InChI is InChI=1S/C20H20ClFN4O3/c1-11-7-17(29-10-18-23-24-20(28)26(18)4)14(9-15(11)21)13-8-12(5-6-16(13)22)19(27)25(2)3/h5-9H,10H2,1-4H3,(H,24,28). The molecule has 0 aliphatic heterocycles. The smallest absolute Gasteiger partial charge is 0.343 e. The molecule has 152 valence electrons. The molecule has 2 aromatic carbocycles. The van der Waals surface area contributed by atoms with E-state index in [0.29, 0.717) is 27.7 Å². The summed E-state index contributed by atoms with van der Waals surface area (Å²) >= 11 is 6.27. The summed E-state index contributed by atoms with van der Waals surface area (Å²) in [5.74, 6) is -0.0306. The minimum absolute atomic E-state index is 0.0126. The first kappa shape index (κ1) is 20.6. The highest BCUT2D eigenvalue weighted by Gasteiger charge is 2.18. The number of nitrogens with zero attached hydrogens (tertiary/aromatic N) is 3. The van der Waals surface area contributed by atoms with Crippen molar-refractivity contribution in [2.24, 2.45) is 7.05 Å². The van der Waals surface area contributed by atoms with Gasteiger partial charge in [0.15, 0.2) is 5.82 Å². The van der Waals surface area contributed by atoms with Crippen molar-refractivity contribution in [1.82, 2.24) is 19.7 Å². The molecule has 3 rings (SSSR count). The van der Waals surface area contributed by atoms with Gasteiger partial charge in [-0.3, -0.25) is 9.36 Å². The van der Waals surface area contributed by atoms with Crippen molar-refractivity contribution < 1.29 is 13.9 Å². The third-order valence-corrected chi connectivity index (χ3v) is 4.91. The third kappa shape index (κ3) is 4.17. The first-order valence-electron chi connectivity index (χ1n) is 8.73. The SMILES string of the molecule is Cc1cc(OCc2n[nH]c(=O)n2C)c(-c2cc(C(=O)N(C)C)ccc2F)cc1Cl. The van der Waals surface area contributed by atoms with Gasteiger partial charge < -0.3 is 9.64 Å². The van der Waals surface area contributed by atoms with Crippen molar-refractivity contribution in [3.8, 4) is 16.9 Å². The number of nitrogens with one attached hydrogen (secondary N) is 1. The van der Waals surface area contributed by atoms with Crippen LogP contribution in [0.3, 0.4) is 0 Å².